The monoisotopic (exact) mass is 312 g/mol. The first-order chi connectivity index (χ1) is 10.7. The van der Waals surface area contributed by atoms with Gasteiger partial charge in [0, 0.05) is 29.0 Å². The zero-order valence-electron chi connectivity index (χ0n) is 11.4. The van der Waals surface area contributed by atoms with Gasteiger partial charge in [-0.25, -0.2) is 4.98 Å². The molecule has 110 valence electrons. The molecule has 7 heteroatoms. The highest BCUT2D eigenvalue weighted by molar-refractivity contribution is 8.00. The Morgan fingerprint density at radius 3 is 2.59 bits per heavy atom. The Morgan fingerprint density at radius 1 is 1.14 bits per heavy atom. The van der Waals surface area contributed by atoms with E-state index in [0.29, 0.717) is 5.69 Å². The van der Waals surface area contributed by atoms with Crippen molar-refractivity contribution in [2.45, 2.75) is 4.90 Å². The molecule has 0 aliphatic rings. The highest BCUT2D eigenvalue weighted by Crippen LogP contribution is 2.29. The van der Waals surface area contributed by atoms with Crippen molar-refractivity contribution in [1.82, 2.24) is 9.55 Å². The van der Waals surface area contributed by atoms with Gasteiger partial charge >= 0.3 is 0 Å². The number of nitrogens with zero attached hydrogens (tertiary/aromatic N) is 3. The second-order valence-corrected chi connectivity index (χ2v) is 5.32. The number of imidazole rings is 1. The molecule has 0 unspecified atom stereocenters. The van der Waals surface area contributed by atoms with Gasteiger partial charge in [-0.1, -0.05) is 12.1 Å². The van der Waals surface area contributed by atoms with Crippen molar-refractivity contribution in [3.05, 3.63) is 77.4 Å². The van der Waals surface area contributed by atoms with Crippen LogP contribution in [0.2, 0.25) is 0 Å². The third-order valence-corrected chi connectivity index (χ3v) is 3.85. The summed E-state index contributed by atoms with van der Waals surface area (Å²) in [6, 6.07) is 14.4. The topological polar surface area (TPSA) is 73.0 Å². The number of aromatic nitrogens is 2. The average Bonchev–Trinajstić information content (AvgIpc) is 3.08. The summed E-state index contributed by atoms with van der Waals surface area (Å²) in [5, 5.41) is 11.0. The molecule has 0 saturated carbocycles. The minimum Gasteiger partial charge on any atom is -0.320 e. The molecule has 3 rings (SSSR count). The molecule has 3 aromatic rings. The summed E-state index contributed by atoms with van der Waals surface area (Å²) >= 11 is 1.33. The lowest BCUT2D eigenvalue weighted by Gasteiger charge is -2.07. The van der Waals surface area contributed by atoms with Gasteiger partial charge in [0.2, 0.25) is 0 Å². The van der Waals surface area contributed by atoms with Crippen LogP contribution in [0.4, 0.5) is 11.4 Å². The second-order valence-electron chi connectivity index (χ2n) is 4.44. The lowest BCUT2D eigenvalue weighted by molar-refractivity contribution is -0.383. The minimum absolute atomic E-state index is 0.0602. The first-order valence-corrected chi connectivity index (χ1v) is 7.30. The van der Waals surface area contributed by atoms with Crippen molar-refractivity contribution in [1.29, 1.82) is 0 Å². The molecule has 0 atom stereocenters. The van der Waals surface area contributed by atoms with Crippen molar-refractivity contribution in [2.75, 3.05) is 4.72 Å². The van der Waals surface area contributed by atoms with Gasteiger partial charge in [0.25, 0.3) is 5.69 Å². The van der Waals surface area contributed by atoms with Crippen LogP contribution in [0.5, 0.6) is 0 Å². The molecule has 0 aliphatic heterocycles. The number of hydrogen-bond donors (Lipinski definition) is 1. The summed E-state index contributed by atoms with van der Waals surface area (Å²) in [4.78, 5) is 15.5. The van der Waals surface area contributed by atoms with E-state index in [1.165, 1.54) is 18.0 Å². The summed E-state index contributed by atoms with van der Waals surface area (Å²) in [5.74, 6) is 0. The summed E-state index contributed by atoms with van der Waals surface area (Å²) in [7, 11) is 0. The van der Waals surface area contributed by atoms with Gasteiger partial charge in [-0.05, 0) is 42.3 Å². The molecule has 1 N–H and O–H groups in total. The van der Waals surface area contributed by atoms with Crippen molar-refractivity contribution in [3.8, 4) is 5.69 Å². The smallest absolute Gasteiger partial charge is 0.293 e. The highest BCUT2D eigenvalue weighted by atomic mass is 32.2. The quantitative estimate of drug-likeness (QED) is 0.439. The fraction of sp³-hybridized carbons (Fsp3) is 0. The zero-order chi connectivity index (χ0) is 15.4. The number of nitro groups is 1. The average molecular weight is 312 g/mol. The fourth-order valence-corrected chi connectivity index (χ4v) is 2.60. The third kappa shape index (κ3) is 3.09. The van der Waals surface area contributed by atoms with Crippen molar-refractivity contribution < 1.29 is 4.92 Å². The maximum absolute atomic E-state index is 11.0. The van der Waals surface area contributed by atoms with Crippen LogP contribution >= 0.6 is 11.9 Å². The van der Waals surface area contributed by atoms with E-state index in [-0.39, 0.29) is 5.69 Å². The van der Waals surface area contributed by atoms with Crippen LogP contribution in [-0.4, -0.2) is 14.5 Å². The Balaban J connectivity index is 1.71. The fourth-order valence-electron chi connectivity index (χ4n) is 1.93. The molecule has 1 aromatic heterocycles. The molecule has 0 fully saturated rings. The highest BCUT2D eigenvalue weighted by Gasteiger charge is 2.11. The normalized spacial score (nSPS) is 10.4. The van der Waals surface area contributed by atoms with E-state index in [0.717, 1.165) is 10.6 Å². The Hall–Kier alpha value is -2.80. The van der Waals surface area contributed by atoms with Crippen LogP contribution in [0.25, 0.3) is 5.69 Å². The Labute approximate surface area is 131 Å². The summed E-state index contributed by atoms with van der Waals surface area (Å²) < 4.78 is 4.93. The maximum Gasteiger partial charge on any atom is 0.293 e. The molecule has 2 aromatic carbocycles. The number of rotatable bonds is 5. The lowest BCUT2D eigenvalue weighted by Crippen LogP contribution is -1.95. The molecule has 6 nitrogen and oxygen atoms in total. The predicted molar refractivity (Wildman–Crippen MR) is 86.1 cm³/mol. The predicted octanol–water partition coefficient (Wildman–Crippen LogP) is 3.90. The van der Waals surface area contributed by atoms with Gasteiger partial charge in [0.05, 0.1) is 11.3 Å². The van der Waals surface area contributed by atoms with E-state index < -0.39 is 4.92 Å². The molecule has 0 aliphatic carbocycles. The SMILES string of the molecule is O=[N+]([O-])c1ccccc1NSc1ccc(-n2ccnc2)cc1. The summed E-state index contributed by atoms with van der Waals surface area (Å²) in [6.07, 6.45) is 5.32. The van der Waals surface area contributed by atoms with Crippen LogP contribution in [0.1, 0.15) is 0 Å². The molecule has 0 amide bonds. The third-order valence-electron chi connectivity index (χ3n) is 3.02. The van der Waals surface area contributed by atoms with E-state index in [2.05, 4.69) is 9.71 Å². The van der Waals surface area contributed by atoms with Gasteiger partial charge < -0.3 is 9.29 Å². The van der Waals surface area contributed by atoms with Crippen LogP contribution in [-0.2, 0) is 0 Å². The molecular formula is C15H12N4O2S. The molecule has 1 heterocycles. The van der Waals surface area contributed by atoms with Crippen LogP contribution in [0.15, 0.2) is 72.1 Å². The number of para-hydroxylation sites is 2. The molecular weight excluding hydrogens is 300 g/mol. The van der Waals surface area contributed by atoms with Gasteiger partial charge in [-0.15, -0.1) is 0 Å². The minimum atomic E-state index is -0.398. The summed E-state index contributed by atoms with van der Waals surface area (Å²) in [5.41, 5.74) is 1.55. The molecule has 0 radical (unpaired) electrons. The van der Waals surface area contributed by atoms with E-state index in [1.54, 1.807) is 30.7 Å². The van der Waals surface area contributed by atoms with Gasteiger partial charge in [0.15, 0.2) is 0 Å². The Bertz CT molecular complexity index is 773. The number of benzene rings is 2. The Kier molecular flexibility index (Phi) is 4.06. The van der Waals surface area contributed by atoms with Crippen LogP contribution in [0.3, 0.4) is 0 Å². The standard InChI is InChI=1S/C15H12N4O2S/c20-19(21)15-4-2-1-3-14(15)17-22-13-7-5-12(6-8-13)18-10-9-16-11-18/h1-11,17H. The van der Waals surface area contributed by atoms with E-state index >= 15 is 0 Å². The largest absolute Gasteiger partial charge is 0.320 e. The van der Waals surface area contributed by atoms with Crippen molar-refractivity contribution >= 4 is 23.3 Å². The van der Waals surface area contributed by atoms with Crippen molar-refractivity contribution in [2.24, 2.45) is 0 Å². The summed E-state index contributed by atoms with van der Waals surface area (Å²) in [6.45, 7) is 0. The van der Waals surface area contributed by atoms with Crippen LogP contribution < -0.4 is 4.72 Å². The Morgan fingerprint density at radius 2 is 1.91 bits per heavy atom. The molecule has 0 spiro atoms. The zero-order valence-corrected chi connectivity index (χ0v) is 12.2. The number of hydrogen-bond acceptors (Lipinski definition) is 5. The number of nitrogens with one attached hydrogen (secondary N) is 1. The molecule has 0 bridgehead atoms. The van der Waals surface area contributed by atoms with Gasteiger partial charge in [-0.3, -0.25) is 10.1 Å². The van der Waals surface area contributed by atoms with Crippen molar-refractivity contribution in [3.63, 3.8) is 0 Å². The number of nitro benzene ring substituents is 1. The maximum atomic E-state index is 11.0. The van der Waals surface area contributed by atoms with E-state index in [9.17, 15) is 10.1 Å². The number of anilines is 1. The van der Waals surface area contributed by atoms with Gasteiger partial charge in [-0.2, -0.15) is 0 Å². The first kappa shape index (κ1) is 14.2. The van der Waals surface area contributed by atoms with Gasteiger partial charge in [0.1, 0.15) is 5.69 Å². The van der Waals surface area contributed by atoms with Crippen LogP contribution in [0, 0.1) is 10.1 Å². The molecule has 0 saturated heterocycles. The second kappa shape index (κ2) is 6.31. The van der Waals surface area contributed by atoms with E-state index in [1.807, 2.05) is 35.0 Å². The first-order valence-electron chi connectivity index (χ1n) is 6.49. The molecule has 22 heavy (non-hydrogen) atoms. The van der Waals surface area contributed by atoms with E-state index in [4.69, 9.17) is 0 Å². The lowest BCUT2D eigenvalue weighted by atomic mass is 10.3.